The van der Waals surface area contributed by atoms with Crippen LogP contribution in [0.1, 0.15) is 10.4 Å². The molecule has 0 bridgehead atoms. The number of H-pyrrole nitrogens is 1. The maximum Gasteiger partial charge on any atom is 0.257 e. The van der Waals surface area contributed by atoms with Gasteiger partial charge < -0.3 is 4.98 Å². The number of hydrogen-bond acceptors (Lipinski definition) is 3. The van der Waals surface area contributed by atoms with Crippen LogP contribution < -0.4 is 5.32 Å². The first-order valence-electron chi connectivity index (χ1n) is 5.99. The highest BCUT2D eigenvalue weighted by molar-refractivity contribution is 14.1. The van der Waals surface area contributed by atoms with Crippen molar-refractivity contribution in [2.45, 2.75) is 0 Å². The van der Waals surface area contributed by atoms with Crippen LogP contribution in [0.2, 0.25) is 5.02 Å². The first kappa shape index (κ1) is 14.6. The Bertz CT molecular complexity index is 785. The van der Waals surface area contributed by atoms with Crippen LogP contribution in [0.3, 0.4) is 0 Å². The fourth-order valence-corrected chi connectivity index (χ4v) is 3.09. The van der Waals surface area contributed by atoms with Crippen LogP contribution in [0.15, 0.2) is 41.9 Å². The lowest BCUT2D eigenvalue weighted by Gasteiger charge is -2.03. The number of nitrogens with one attached hydrogen (secondary N) is 2. The molecular formula is C14H9ClIN3OS. The van der Waals surface area contributed by atoms with Crippen molar-refractivity contribution in [3.05, 3.63) is 56.1 Å². The van der Waals surface area contributed by atoms with Gasteiger partial charge in [0.15, 0.2) is 5.13 Å². The number of amides is 1. The lowest BCUT2D eigenvalue weighted by molar-refractivity contribution is 0.102. The minimum absolute atomic E-state index is 0.197. The van der Waals surface area contributed by atoms with E-state index in [0.29, 0.717) is 15.7 Å². The first-order chi connectivity index (χ1) is 10.1. The third-order valence-electron chi connectivity index (χ3n) is 2.78. The summed E-state index contributed by atoms with van der Waals surface area (Å²) in [5.74, 6) is -0.197. The quantitative estimate of drug-likeness (QED) is 0.596. The summed E-state index contributed by atoms with van der Waals surface area (Å²) >= 11 is 9.44. The molecule has 21 heavy (non-hydrogen) atoms. The van der Waals surface area contributed by atoms with E-state index in [1.54, 1.807) is 18.2 Å². The molecule has 0 aliphatic heterocycles. The third kappa shape index (κ3) is 3.28. The van der Waals surface area contributed by atoms with Gasteiger partial charge in [-0.15, -0.1) is 11.3 Å². The average Bonchev–Trinajstić information content (AvgIpc) is 3.12. The SMILES string of the molecule is O=C(Nc1nc(-c2ccc[nH]2)cs1)c1ccc(Cl)c(I)c1. The lowest BCUT2D eigenvalue weighted by atomic mass is 10.2. The number of aromatic amines is 1. The number of nitrogens with zero attached hydrogens (tertiary/aromatic N) is 1. The van der Waals surface area contributed by atoms with E-state index in [1.807, 2.05) is 23.7 Å². The topological polar surface area (TPSA) is 57.8 Å². The van der Waals surface area contributed by atoms with Crippen molar-refractivity contribution in [3.63, 3.8) is 0 Å². The van der Waals surface area contributed by atoms with Gasteiger partial charge in [0.05, 0.1) is 16.4 Å². The number of benzene rings is 1. The maximum absolute atomic E-state index is 12.2. The number of hydrogen-bond donors (Lipinski definition) is 2. The number of anilines is 1. The largest absolute Gasteiger partial charge is 0.360 e. The Morgan fingerprint density at radius 1 is 1.38 bits per heavy atom. The van der Waals surface area contributed by atoms with E-state index in [4.69, 9.17) is 11.6 Å². The molecule has 0 aliphatic rings. The molecule has 3 rings (SSSR count). The maximum atomic E-state index is 12.2. The Morgan fingerprint density at radius 2 is 2.24 bits per heavy atom. The monoisotopic (exact) mass is 429 g/mol. The number of rotatable bonds is 3. The van der Waals surface area contributed by atoms with Gasteiger partial charge >= 0.3 is 0 Å². The molecule has 7 heteroatoms. The van der Waals surface area contributed by atoms with Crippen molar-refractivity contribution in [1.29, 1.82) is 0 Å². The minimum Gasteiger partial charge on any atom is -0.360 e. The zero-order chi connectivity index (χ0) is 14.8. The number of halogens is 2. The highest BCUT2D eigenvalue weighted by Gasteiger charge is 2.11. The van der Waals surface area contributed by atoms with Gasteiger partial charge in [-0.1, -0.05) is 11.6 Å². The summed E-state index contributed by atoms with van der Waals surface area (Å²) < 4.78 is 0.841. The van der Waals surface area contributed by atoms with Gasteiger partial charge in [-0.25, -0.2) is 4.98 Å². The van der Waals surface area contributed by atoms with E-state index >= 15 is 0 Å². The van der Waals surface area contributed by atoms with E-state index in [9.17, 15) is 4.79 Å². The fourth-order valence-electron chi connectivity index (χ4n) is 1.75. The molecule has 2 heterocycles. The van der Waals surface area contributed by atoms with E-state index in [1.165, 1.54) is 11.3 Å². The van der Waals surface area contributed by atoms with Crippen LogP contribution in [0.25, 0.3) is 11.4 Å². The van der Waals surface area contributed by atoms with Crippen LogP contribution in [-0.2, 0) is 0 Å². The predicted molar refractivity (Wildman–Crippen MR) is 94.0 cm³/mol. The van der Waals surface area contributed by atoms with Crippen molar-refractivity contribution in [2.24, 2.45) is 0 Å². The van der Waals surface area contributed by atoms with E-state index in [2.05, 4.69) is 37.9 Å². The van der Waals surface area contributed by atoms with Crippen molar-refractivity contribution in [3.8, 4) is 11.4 Å². The molecule has 0 spiro atoms. The molecule has 0 atom stereocenters. The van der Waals surface area contributed by atoms with Gasteiger partial charge in [0.1, 0.15) is 0 Å². The number of aromatic nitrogens is 2. The second-order valence-electron chi connectivity index (χ2n) is 4.20. The highest BCUT2D eigenvalue weighted by atomic mass is 127. The third-order valence-corrected chi connectivity index (χ3v) is 5.08. The van der Waals surface area contributed by atoms with Crippen LogP contribution in [-0.4, -0.2) is 15.9 Å². The van der Waals surface area contributed by atoms with Crippen molar-refractivity contribution in [2.75, 3.05) is 5.32 Å². The molecule has 1 amide bonds. The van der Waals surface area contributed by atoms with Crippen molar-refractivity contribution < 1.29 is 4.79 Å². The molecule has 1 aromatic carbocycles. The molecule has 0 unspecified atom stereocenters. The zero-order valence-corrected chi connectivity index (χ0v) is 14.3. The molecule has 3 aromatic rings. The second-order valence-corrected chi connectivity index (χ2v) is 6.63. The number of carbonyl (C=O) groups is 1. The highest BCUT2D eigenvalue weighted by Crippen LogP contribution is 2.24. The first-order valence-corrected chi connectivity index (χ1v) is 8.33. The molecular weight excluding hydrogens is 421 g/mol. The predicted octanol–water partition coefficient (Wildman–Crippen LogP) is 4.65. The fraction of sp³-hybridized carbons (Fsp3) is 0. The molecule has 0 radical (unpaired) electrons. The van der Waals surface area contributed by atoms with E-state index < -0.39 is 0 Å². The molecule has 2 N–H and O–H groups in total. The second kappa shape index (κ2) is 6.17. The molecule has 0 saturated heterocycles. The van der Waals surface area contributed by atoms with Gasteiger partial charge in [-0.3, -0.25) is 10.1 Å². The van der Waals surface area contributed by atoms with Crippen LogP contribution >= 0.6 is 45.5 Å². The van der Waals surface area contributed by atoms with Gasteiger partial charge in [0.25, 0.3) is 5.91 Å². The van der Waals surface area contributed by atoms with E-state index in [0.717, 1.165) is 15.0 Å². The average molecular weight is 430 g/mol. The summed E-state index contributed by atoms with van der Waals surface area (Å²) in [6, 6.07) is 8.99. The molecule has 0 fully saturated rings. The summed E-state index contributed by atoms with van der Waals surface area (Å²) in [7, 11) is 0. The van der Waals surface area contributed by atoms with Crippen molar-refractivity contribution in [1.82, 2.24) is 9.97 Å². The van der Waals surface area contributed by atoms with Crippen LogP contribution in [0.4, 0.5) is 5.13 Å². The molecule has 0 aliphatic carbocycles. The van der Waals surface area contributed by atoms with Crippen molar-refractivity contribution >= 4 is 56.6 Å². The summed E-state index contributed by atoms with van der Waals surface area (Å²) in [5, 5.41) is 5.89. The number of thiazole rings is 1. The molecule has 106 valence electrons. The normalized spacial score (nSPS) is 10.6. The smallest absolute Gasteiger partial charge is 0.257 e. The van der Waals surface area contributed by atoms with Gasteiger partial charge in [0.2, 0.25) is 0 Å². The lowest BCUT2D eigenvalue weighted by Crippen LogP contribution is -2.11. The zero-order valence-electron chi connectivity index (χ0n) is 10.6. The Hall–Kier alpha value is -1.38. The Morgan fingerprint density at radius 3 is 2.95 bits per heavy atom. The standard InChI is InChI=1S/C14H9ClIN3OS/c15-9-4-3-8(6-10(9)16)13(20)19-14-18-12(7-21-14)11-2-1-5-17-11/h1-7,17H,(H,18,19,20). The Balaban J connectivity index is 1.77. The number of carbonyl (C=O) groups excluding carboxylic acids is 1. The Kier molecular flexibility index (Phi) is 4.27. The molecule has 0 saturated carbocycles. The minimum atomic E-state index is -0.197. The molecule has 4 nitrogen and oxygen atoms in total. The summed E-state index contributed by atoms with van der Waals surface area (Å²) in [6.07, 6.45) is 1.84. The van der Waals surface area contributed by atoms with E-state index in [-0.39, 0.29) is 5.91 Å². The van der Waals surface area contributed by atoms with Crippen LogP contribution in [0, 0.1) is 3.57 Å². The van der Waals surface area contributed by atoms with Gasteiger partial charge in [-0.05, 0) is 52.9 Å². The van der Waals surface area contributed by atoms with Gasteiger partial charge in [0, 0.05) is 20.7 Å². The van der Waals surface area contributed by atoms with Crippen LogP contribution in [0.5, 0.6) is 0 Å². The van der Waals surface area contributed by atoms with Gasteiger partial charge in [-0.2, -0.15) is 0 Å². The summed E-state index contributed by atoms with van der Waals surface area (Å²) in [5.41, 5.74) is 2.29. The Labute approximate surface area is 143 Å². The molecule has 2 aromatic heterocycles. The summed E-state index contributed by atoms with van der Waals surface area (Å²) in [6.45, 7) is 0. The summed E-state index contributed by atoms with van der Waals surface area (Å²) in [4.78, 5) is 19.6.